The Bertz CT molecular complexity index is 972. The number of carbonyl (C=O) groups excluding carboxylic acids is 1. The molecule has 3 rings (SSSR count). The normalized spacial score (nSPS) is 10.6. The van der Waals surface area contributed by atoms with Gasteiger partial charge in [-0.15, -0.1) is 0 Å². The Morgan fingerprint density at radius 1 is 1.14 bits per heavy atom. The van der Waals surface area contributed by atoms with Crippen LogP contribution in [0.4, 0.5) is 15.9 Å². The SMILES string of the molecule is COc1cccc(/C=C/C(=O)Nc2ccc(NCc3ccccc3F)nc2)c1. The molecule has 0 unspecified atom stereocenters. The van der Waals surface area contributed by atoms with Gasteiger partial charge in [0.15, 0.2) is 0 Å². The number of methoxy groups -OCH3 is 1. The highest BCUT2D eigenvalue weighted by Crippen LogP contribution is 2.15. The smallest absolute Gasteiger partial charge is 0.248 e. The molecule has 142 valence electrons. The molecule has 2 aromatic carbocycles. The Hall–Kier alpha value is -3.67. The molecule has 1 aromatic heterocycles. The van der Waals surface area contributed by atoms with E-state index in [-0.39, 0.29) is 11.7 Å². The molecule has 5 nitrogen and oxygen atoms in total. The maximum absolute atomic E-state index is 13.6. The third kappa shape index (κ3) is 5.41. The van der Waals surface area contributed by atoms with E-state index < -0.39 is 0 Å². The van der Waals surface area contributed by atoms with Crippen LogP contribution in [-0.2, 0) is 11.3 Å². The molecule has 0 spiro atoms. The summed E-state index contributed by atoms with van der Waals surface area (Å²) in [6, 6.07) is 17.4. The number of hydrogen-bond acceptors (Lipinski definition) is 4. The molecule has 3 aromatic rings. The molecule has 1 heterocycles. The van der Waals surface area contributed by atoms with Gasteiger partial charge in [0.05, 0.1) is 19.0 Å². The summed E-state index contributed by atoms with van der Waals surface area (Å²) in [5.41, 5.74) is 1.99. The van der Waals surface area contributed by atoms with Crippen molar-refractivity contribution in [1.82, 2.24) is 4.98 Å². The third-order valence-electron chi connectivity index (χ3n) is 3.97. The number of nitrogens with one attached hydrogen (secondary N) is 2. The van der Waals surface area contributed by atoms with Gasteiger partial charge in [-0.25, -0.2) is 9.37 Å². The van der Waals surface area contributed by atoms with E-state index in [0.29, 0.717) is 23.6 Å². The van der Waals surface area contributed by atoms with Crippen molar-refractivity contribution >= 4 is 23.5 Å². The monoisotopic (exact) mass is 377 g/mol. The van der Waals surface area contributed by atoms with Gasteiger partial charge in [-0.2, -0.15) is 0 Å². The number of hydrogen-bond donors (Lipinski definition) is 2. The minimum Gasteiger partial charge on any atom is -0.497 e. The predicted octanol–water partition coefficient (Wildman–Crippen LogP) is 4.49. The molecule has 0 saturated carbocycles. The lowest BCUT2D eigenvalue weighted by atomic mass is 10.2. The van der Waals surface area contributed by atoms with Crippen LogP contribution in [0, 0.1) is 5.82 Å². The summed E-state index contributed by atoms with van der Waals surface area (Å²) in [4.78, 5) is 16.3. The summed E-state index contributed by atoms with van der Waals surface area (Å²) in [7, 11) is 1.59. The zero-order valence-corrected chi connectivity index (χ0v) is 15.4. The van der Waals surface area contributed by atoms with Crippen molar-refractivity contribution in [2.24, 2.45) is 0 Å². The van der Waals surface area contributed by atoms with Crippen LogP contribution >= 0.6 is 0 Å². The molecule has 0 saturated heterocycles. The van der Waals surface area contributed by atoms with E-state index in [9.17, 15) is 9.18 Å². The third-order valence-corrected chi connectivity index (χ3v) is 3.97. The van der Waals surface area contributed by atoms with E-state index >= 15 is 0 Å². The molecule has 0 bridgehead atoms. The highest BCUT2D eigenvalue weighted by molar-refractivity contribution is 6.01. The highest BCUT2D eigenvalue weighted by atomic mass is 19.1. The Morgan fingerprint density at radius 2 is 2.00 bits per heavy atom. The molecule has 2 N–H and O–H groups in total. The fraction of sp³-hybridized carbons (Fsp3) is 0.0909. The van der Waals surface area contributed by atoms with Gasteiger partial charge in [-0.05, 0) is 42.0 Å². The van der Waals surface area contributed by atoms with Crippen molar-refractivity contribution in [3.8, 4) is 5.75 Å². The topological polar surface area (TPSA) is 63.2 Å². The van der Waals surface area contributed by atoms with Crippen molar-refractivity contribution < 1.29 is 13.9 Å². The van der Waals surface area contributed by atoms with E-state index in [1.165, 1.54) is 12.1 Å². The van der Waals surface area contributed by atoms with Crippen molar-refractivity contribution in [3.05, 3.63) is 89.9 Å². The standard InChI is InChI=1S/C22H20FN3O2/c1-28-19-7-4-5-16(13-19)9-12-22(27)26-18-10-11-21(25-15-18)24-14-17-6-2-3-8-20(17)23/h2-13,15H,14H2,1H3,(H,24,25)(H,26,27)/b12-9+. The van der Waals surface area contributed by atoms with E-state index in [2.05, 4.69) is 15.6 Å². The second-order valence-electron chi connectivity index (χ2n) is 5.98. The summed E-state index contributed by atoms with van der Waals surface area (Å²) < 4.78 is 18.8. The minimum absolute atomic E-state index is 0.262. The Kier molecular flexibility index (Phi) is 6.36. The molecule has 0 aliphatic carbocycles. The second-order valence-corrected chi connectivity index (χ2v) is 5.98. The van der Waals surface area contributed by atoms with E-state index in [4.69, 9.17) is 4.74 Å². The van der Waals surface area contributed by atoms with Crippen molar-refractivity contribution in [2.75, 3.05) is 17.7 Å². The van der Waals surface area contributed by atoms with Crippen LogP contribution in [0.25, 0.3) is 6.08 Å². The number of carbonyl (C=O) groups is 1. The number of amides is 1. The molecular formula is C22H20FN3O2. The highest BCUT2D eigenvalue weighted by Gasteiger charge is 2.02. The summed E-state index contributed by atoms with van der Waals surface area (Å²) in [6.45, 7) is 0.328. The first-order chi connectivity index (χ1) is 13.6. The van der Waals surface area contributed by atoms with Gasteiger partial charge in [0, 0.05) is 18.2 Å². The molecule has 1 amide bonds. The van der Waals surface area contributed by atoms with Crippen LogP contribution in [-0.4, -0.2) is 18.0 Å². The molecule has 0 fully saturated rings. The predicted molar refractivity (Wildman–Crippen MR) is 109 cm³/mol. The average molecular weight is 377 g/mol. The lowest BCUT2D eigenvalue weighted by Crippen LogP contribution is -2.08. The van der Waals surface area contributed by atoms with Gasteiger partial charge in [0.25, 0.3) is 0 Å². The first kappa shape index (κ1) is 19.1. The lowest BCUT2D eigenvalue weighted by Gasteiger charge is -2.08. The number of ether oxygens (including phenoxy) is 1. The first-order valence-electron chi connectivity index (χ1n) is 8.70. The first-order valence-corrected chi connectivity index (χ1v) is 8.70. The molecular weight excluding hydrogens is 357 g/mol. The number of anilines is 2. The van der Waals surface area contributed by atoms with E-state index in [1.807, 2.05) is 24.3 Å². The lowest BCUT2D eigenvalue weighted by molar-refractivity contribution is -0.111. The van der Waals surface area contributed by atoms with E-state index in [0.717, 1.165) is 11.3 Å². The van der Waals surface area contributed by atoms with Crippen LogP contribution < -0.4 is 15.4 Å². The van der Waals surface area contributed by atoms with Crippen LogP contribution in [0.2, 0.25) is 0 Å². The quantitative estimate of drug-likeness (QED) is 0.596. The fourth-order valence-corrected chi connectivity index (χ4v) is 2.50. The zero-order valence-electron chi connectivity index (χ0n) is 15.4. The Balaban J connectivity index is 1.54. The summed E-state index contributed by atoms with van der Waals surface area (Å²) in [5, 5.41) is 5.79. The fourth-order valence-electron chi connectivity index (χ4n) is 2.50. The maximum atomic E-state index is 13.6. The zero-order chi connectivity index (χ0) is 19.8. The molecule has 28 heavy (non-hydrogen) atoms. The van der Waals surface area contributed by atoms with Gasteiger partial charge in [0.2, 0.25) is 5.91 Å². The van der Waals surface area contributed by atoms with Crippen LogP contribution in [0.5, 0.6) is 5.75 Å². The van der Waals surface area contributed by atoms with Gasteiger partial charge in [-0.1, -0.05) is 30.3 Å². The number of halogens is 1. The van der Waals surface area contributed by atoms with Crippen LogP contribution in [0.3, 0.4) is 0 Å². The van der Waals surface area contributed by atoms with E-state index in [1.54, 1.807) is 49.7 Å². The van der Waals surface area contributed by atoms with Crippen LogP contribution in [0.1, 0.15) is 11.1 Å². The van der Waals surface area contributed by atoms with Crippen LogP contribution in [0.15, 0.2) is 72.9 Å². The summed E-state index contributed by atoms with van der Waals surface area (Å²) in [5.74, 6) is 0.789. The minimum atomic E-state index is -0.267. The second kappa shape index (κ2) is 9.32. The number of aromatic nitrogens is 1. The number of pyridine rings is 1. The maximum Gasteiger partial charge on any atom is 0.248 e. The van der Waals surface area contributed by atoms with Crippen molar-refractivity contribution in [2.45, 2.75) is 6.54 Å². The van der Waals surface area contributed by atoms with Gasteiger partial charge < -0.3 is 15.4 Å². The Morgan fingerprint density at radius 3 is 2.75 bits per heavy atom. The van der Waals surface area contributed by atoms with Gasteiger partial charge in [0.1, 0.15) is 17.4 Å². The van der Waals surface area contributed by atoms with Crippen molar-refractivity contribution in [3.63, 3.8) is 0 Å². The average Bonchev–Trinajstić information content (AvgIpc) is 2.73. The largest absolute Gasteiger partial charge is 0.497 e. The van der Waals surface area contributed by atoms with Crippen molar-refractivity contribution in [1.29, 1.82) is 0 Å². The molecule has 0 atom stereocenters. The molecule has 0 aliphatic heterocycles. The number of rotatable bonds is 7. The molecule has 0 aliphatic rings. The number of benzene rings is 2. The summed E-state index contributed by atoms with van der Waals surface area (Å²) >= 11 is 0. The number of nitrogens with zero attached hydrogens (tertiary/aromatic N) is 1. The van der Waals surface area contributed by atoms with Gasteiger partial charge >= 0.3 is 0 Å². The van der Waals surface area contributed by atoms with Gasteiger partial charge in [-0.3, -0.25) is 4.79 Å². The molecule has 6 heteroatoms. The Labute approximate surface area is 162 Å². The summed E-state index contributed by atoms with van der Waals surface area (Å²) in [6.07, 6.45) is 4.69. The molecule has 0 radical (unpaired) electrons.